The average Bonchev–Trinajstić information content (AvgIpc) is 3.33. The Balaban J connectivity index is 1.37. The summed E-state index contributed by atoms with van der Waals surface area (Å²) in [4.78, 5) is 22.6. The molecule has 4 rings (SSSR count). The van der Waals surface area contributed by atoms with E-state index in [9.17, 15) is 4.79 Å². The van der Waals surface area contributed by atoms with Crippen LogP contribution in [0.15, 0.2) is 48.0 Å². The molecule has 28 heavy (non-hydrogen) atoms. The minimum Gasteiger partial charge on any atom is -0.355 e. The second kappa shape index (κ2) is 8.04. The van der Waals surface area contributed by atoms with E-state index in [0.717, 1.165) is 51.5 Å². The van der Waals surface area contributed by atoms with Crippen molar-refractivity contribution in [3.05, 3.63) is 54.1 Å². The molecule has 1 unspecified atom stereocenters. The van der Waals surface area contributed by atoms with Crippen LogP contribution >= 0.6 is 0 Å². The van der Waals surface area contributed by atoms with Crippen molar-refractivity contribution >= 4 is 11.9 Å². The van der Waals surface area contributed by atoms with Gasteiger partial charge in [-0.3, -0.25) is 9.79 Å². The van der Waals surface area contributed by atoms with Crippen LogP contribution in [0.3, 0.4) is 0 Å². The summed E-state index contributed by atoms with van der Waals surface area (Å²) in [7, 11) is 1.83. The summed E-state index contributed by atoms with van der Waals surface area (Å²) in [6.07, 6.45) is 8.44. The lowest BCUT2D eigenvalue weighted by Gasteiger charge is -2.40. The van der Waals surface area contributed by atoms with Gasteiger partial charge in [0.05, 0.1) is 6.33 Å². The molecule has 2 aliphatic heterocycles. The standard InChI is InChI=1S/C21H28N6O/c1-22-20(27-8-3-6-21(15-27)11-19(28)25-14-21)24-12-17-4-2-5-18(10-17)13-26-9-7-23-16-26/h2,4-5,7,9-10,16H,3,6,8,11-15H2,1H3,(H,22,24)(H,25,28). The van der Waals surface area contributed by atoms with Gasteiger partial charge in [-0.05, 0) is 24.0 Å². The summed E-state index contributed by atoms with van der Waals surface area (Å²) in [6.45, 7) is 4.20. The number of nitrogens with zero attached hydrogens (tertiary/aromatic N) is 4. The maximum atomic E-state index is 11.7. The number of amides is 1. The second-order valence-corrected chi connectivity index (χ2v) is 7.93. The maximum absolute atomic E-state index is 11.7. The Morgan fingerprint density at radius 1 is 1.39 bits per heavy atom. The molecule has 2 saturated heterocycles. The first-order valence-electron chi connectivity index (χ1n) is 9.92. The normalized spacial score (nSPS) is 22.5. The molecule has 0 aliphatic carbocycles. The van der Waals surface area contributed by atoms with Crippen LogP contribution < -0.4 is 10.6 Å². The van der Waals surface area contributed by atoms with E-state index in [2.05, 4.69) is 54.3 Å². The van der Waals surface area contributed by atoms with Crippen molar-refractivity contribution in [2.75, 3.05) is 26.7 Å². The first kappa shape index (κ1) is 18.5. The Hall–Kier alpha value is -2.83. The molecule has 7 heteroatoms. The van der Waals surface area contributed by atoms with Crippen LogP contribution in [0, 0.1) is 5.41 Å². The highest BCUT2D eigenvalue weighted by atomic mass is 16.1. The van der Waals surface area contributed by atoms with E-state index in [-0.39, 0.29) is 11.3 Å². The van der Waals surface area contributed by atoms with Gasteiger partial charge in [-0.15, -0.1) is 0 Å². The minimum atomic E-state index is 0.0671. The molecular formula is C21H28N6O. The zero-order valence-corrected chi connectivity index (χ0v) is 16.4. The summed E-state index contributed by atoms with van der Waals surface area (Å²) in [6, 6.07) is 8.58. The molecule has 2 fully saturated rings. The van der Waals surface area contributed by atoms with E-state index in [4.69, 9.17) is 0 Å². The summed E-state index contributed by atoms with van der Waals surface area (Å²) in [5.74, 6) is 1.10. The lowest BCUT2D eigenvalue weighted by atomic mass is 9.79. The number of imidazole rings is 1. The van der Waals surface area contributed by atoms with Gasteiger partial charge in [0.1, 0.15) is 0 Å². The van der Waals surface area contributed by atoms with Crippen LogP contribution in [-0.4, -0.2) is 53.0 Å². The summed E-state index contributed by atoms with van der Waals surface area (Å²) in [5.41, 5.74) is 2.54. The molecule has 2 N–H and O–H groups in total. The van der Waals surface area contributed by atoms with Gasteiger partial charge < -0.3 is 20.1 Å². The molecule has 1 atom stereocenters. The number of hydrogen-bond donors (Lipinski definition) is 2. The number of benzene rings is 1. The van der Waals surface area contributed by atoms with Crippen LogP contribution in [-0.2, 0) is 17.9 Å². The van der Waals surface area contributed by atoms with Gasteiger partial charge in [0.15, 0.2) is 5.96 Å². The smallest absolute Gasteiger partial charge is 0.220 e. The fourth-order valence-electron chi connectivity index (χ4n) is 4.37. The van der Waals surface area contributed by atoms with Crippen molar-refractivity contribution in [1.82, 2.24) is 25.1 Å². The predicted molar refractivity (Wildman–Crippen MR) is 109 cm³/mol. The van der Waals surface area contributed by atoms with E-state index in [1.54, 1.807) is 6.20 Å². The molecule has 1 amide bonds. The number of likely N-dealkylation sites (tertiary alicyclic amines) is 1. The average molecular weight is 380 g/mol. The SMILES string of the molecule is CN=C(NCc1cccc(Cn2ccnc2)c1)N1CCCC2(CNC(=O)C2)C1. The highest BCUT2D eigenvalue weighted by molar-refractivity contribution is 5.81. The Morgan fingerprint density at radius 2 is 2.29 bits per heavy atom. The summed E-state index contributed by atoms with van der Waals surface area (Å²) >= 11 is 0. The van der Waals surface area contributed by atoms with Gasteiger partial charge in [-0.2, -0.15) is 0 Å². The fraction of sp³-hybridized carbons (Fsp3) is 0.476. The molecule has 1 spiro atoms. The van der Waals surface area contributed by atoms with E-state index in [1.165, 1.54) is 11.1 Å². The number of hydrogen-bond acceptors (Lipinski definition) is 3. The Morgan fingerprint density at radius 3 is 3.04 bits per heavy atom. The third-order valence-electron chi connectivity index (χ3n) is 5.74. The number of nitrogens with one attached hydrogen (secondary N) is 2. The molecule has 3 heterocycles. The molecular weight excluding hydrogens is 352 g/mol. The maximum Gasteiger partial charge on any atom is 0.220 e. The number of carbonyl (C=O) groups excluding carboxylic acids is 1. The lowest BCUT2D eigenvalue weighted by Crippen LogP contribution is -2.51. The Bertz CT molecular complexity index is 846. The van der Waals surface area contributed by atoms with Crippen molar-refractivity contribution in [3.8, 4) is 0 Å². The van der Waals surface area contributed by atoms with Gasteiger partial charge in [0.25, 0.3) is 0 Å². The molecule has 1 aromatic carbocycles. The molecule has 2 aromatic rings. The number of rotatable bonds is 4. The van der Waals surface area contributed by atoms with Crippen LogP contribution in [0.25, 0.3) is 0 Å². The molecule has 7 nitrogen and oxygen atoms in total. The highest BCUT2D eigenvalue weighted by Crippen LogP contribution is 2.35. The third kappa shape index (κ3) is 4.18. The van der Waals surface area contributed by atoms with Crippen LogP contribution in [0.1, 0.15) is 30.4 Å². The van der Waals surface area contributed by atoms with Gasteiger partial charge in [-0.1, -0.05) is 24.3 Å². The first-order chi connectivity index (χ1) is 13.7. The van der Waals surface area contributed by atoms with Gasteiger partial charge >= 0.3 is 0 Å². The van der Waals surface area contributed by atoms with Crippen LogP contribution in [0.2, 0.25) is 0 Å². The minimum absolute atomic E-state index is 0.0671. The summed E-state index contributed by atoms with van der Waals surface area (Å²) in [5, 5.41) is 6.52. The topological polar surface area (TPSA) is 74.6 Å². The van der Waals surface area contributed by atoms with Crippen molar-refractivity contribution in [1.29, 1.82) is 0 Å². The van der Waals surface area contributed by atoms with Crippen LogP contribution in [0.5, 0.6) is 0 Å². The second-order valence-electron chi connectivity index (χ2n) is 7.93. The molecule has 0 radical (unpaired) electrons. The van der Waals surface area contributed by atoms with E-state index in [1.807, 2.05) is 19.6 Å². The number of carbonyl (C=O) groups is 1. The van der Waals surface area contributed by atoms with E-state index < -0.39 is 0 Å². The molecule has 0 saturated carbocycles. The zero-order chi connectivity index (χ0) is 19.4. The largest absolute Gasteiger partial charge is 0.355 e. The molecule has 148 valence electrons. The van der Waals surface area contributed by atoms with Gasteiger partial charge in [0.2, 0.25) is 5.91 Å². The summed E-state index contributed by atoms with van der Waals surface area (Å²) < 4.78 is 2.07. The predicted octanol–water partition coefficient (Wildman–Crippen LogP) is 1.61. The lowest BCUT2D eigenvalue weighted by molar-refractivity contribution is -0.119. The van der Waals surface area contributed by atoms with Crippen LogP contribution in [0.4, 0.5) is 0 Å². The monoisotopic (exact) mass is 380 g/mol. The molecule has 2 aliphatic rings. The number of piperidine rings is 1. The van der Waals surface area contributed by atoms with E-state index >= 15 is 0 Å². The van der Waals surface area contributed by atoms with Crippen molar-refractivity contribution in [3.63, 3.8) is 0 Å². The van der Waals surface area contributed by atoms with Crippen molar-refractivity contribution < 1.29 is 4.79 Å². The highest BCUT2D eigenvalue weighted by Gasteiger charge is 2.42. The zero-order valence-electron chi connectivity index (χ0n) is 16.4. The third-order valence-corrected chi connectivity index (χ3v) is 5.74. The number of guanidine groups is 1. The van der Waals surface area contributed by atoms with Gasteiger partial charge in [-0.25, -0.2) is 4.98 Å². The van der Waals surface area contributed by atoms with Crippen molar-refractivity contribution in [2.45, 2.75) is 32.4 Å². The number of aromatic nitrogens is 2. The quantitative estimate of drug-likeness (QED) is 0.624. The molecule has 0 bridgehead atoms. The van der Waals surface area contributed by atoms with E-state index in [0.29, 0.717) is 6.42 Å². The Kier molecular flexibility index (Phi) is 5.32. The molecule has 1 aromatic heterocycles. The van der Waals surface area contributed by atoms with Gasteiger partial charge in [0, 0.05) is 64.0 Å². The Labute approximate surface area is 165 Å². The fourth-order valence-corrected chi connectivity index (χ4v) is 4.37. The first-order valence-corrected chi connectivity index (χ1v) is 9.92. The van der Waals surface area contributed by atoms with Crippen molar-refractivity contribution in [2.24, 2.45) is 10.4 Å². The number of aliphatic imine (C=N–C) groups is 1.